The molecule has 0 spiro atoms. The minimum atomic E-state index is -0.162. The van der Waals surface area contributed by atoms with Gasteiger partial charge in [-0.05, 0) is 24.3 Å². The second-order valence-corrected chi connectivity index (χ2v) is 3.07. The first-order valence-electron chi connectivity index (χ1n) is 5.35. The maximum Gasteiger partial charge on any atom is 0.149 e. The van der Waals surface area contributed by atoms with Crippen molar-refractivity contribution in [2.45, 2.75) is 0 Å². The first-order chi connectivity index (χ1) is 8.86. The fraction of sp³-hybridized carbons (Fsp3) is 0.286. The van der Waals surface area contributed by atoms with Crippen LogP contribution in [-0.2, 0) is 0 Å². The molecule has 0 radical (unpaired) electrons. The molecule has 0 aliphatic rings. The molecule has 0 amide bonds. The van der Waals surface area contributed by atoms with Crippen molar-refractivity contribution >= 4 is 0 Å². The van der Waals surface area contributed by atoms with E-state index in [1.54, 1.807) is 24.3 Å². The normalized spacial score (nSPS) is 8.56. The number of rotatable bonds is 4. The van der Waals surface area contributed by atoms with Crippen LogP contribution in [0.25, 0.3) is 0 Å². The van der Waals surface area contributed by atoms with Crippen molar-refractivity contribution < 1.29 is 19.7 Å². The monoisotopic (exact) mass is 246 g/mol. The molecule has 4 nitrogen and oxygen atoms in total. The van der Waals surface area contributed by atoms with Gasteiger partial charge in [-0.15, -0.1) is 0 Å². The van der Waals surface area contributed by atoms with Crippen LogP contribution >= 0.6 is 0 Å². The smallest absolute Gasteiger partial charge is 0.149 e. The summed E-state index contributed by atoms with van der Waals surface area (Å²) in [4.78, 5) is 0. The summed E-state index contributed by atoms with van der Waals surface area (Å²) < 4.78 is 10.6. The SMILES string of the molecule is OCC#CCOc1ccc(OCC#CCO)cc1. The summed E-state index contributed by atoms with van der Waals surface area (Å²) in [5.74, 6) is 11.6. The van der Waals surface area contributed by atoms with E-state index in [4.69, 9.17) is 19.7 Å². The average Bonchev–Trinajstić information content (AvgIpc) is 2.41. The second-order valence-electron chi connectivity index (χ2n) is 3.07. The molecule has 94 valence electrons. The van der Waals surface area contributed by atoms with Gasteiger partial charge >= 0.3 is 0 Å². The summed E-state index contributed by atoms with van der Waals surface area (Å²) in [6, 6.07) is 7.04. The Morgan fingerprint density at radius 2 is 1.11 bits per heavy atom. The third-order valence-corrected chi connectivity index (χ3v) is 1.85. The lowest BCUT2D eigenvalue weighted by atomic mass is 10.3. The molecule has 0 aliphatic heterocycles. The number of benzene rings is 1. The molecule has 0 aliphatic carbocycles. The Kier molecular flexibility index (Phi) is 6.92. The van der Waals surface area contributed by atoms with Crippen molar-refractivity contribution in [3.8, 4) is 35.2 Å². The molecule has 0 saturated heterocycles. The molecule has 0 saturated carbocycles. The van der Waals surface area contributed by atoms with Crippen LogP contribution in [0.5, 0.6) is 11.5 Å². The molecule has 0 heterocycles. The van der Waals surface area contributed by atoms with Crippen molar-refractivity contribution in [2.24, 2.45) is 0 Å². The van der Waals surface area contributed by atoms with E-state index in [-0.39, 0.29) is 26.4 Å². The summed E-state index contributed by atoms with van der Waals surface area (Å²) in [5, 5.41) is 16.9. The summed E-state index contributed by atoms with van der Waals surface area (Å²) in [6.07, 6.45) is 0. The quantitative estimate of drug-likeness (QED) is 0.757. The molecule has 4 heteroatoms. The lowest BCUT2D eigenvalue weighted by molar-refractivity contribution is 0.346. The van der Waals surface area contributed by atoms with Crippen molar-refractivity contribution in [2.75, 3.05) is 26.4 Å². The van der Waals surface area contributed by atoms with Crippen LogP contribution in [0.3, 0.4) is 0 Å². The number of hydrogen-bond donors (Lipinski definition) is 2. The molecule has 0 unspecified atom stereocenters. The minimum Gasteiger partial charge on any atom is -0.481 e. The zero-order valence-electron chi connectivity index (χ0n) is 9.85. The van der Waals surface area contributed by atoms with E-state index in [9.17, 15) is 0 Å². The van der Waals surface area contributed by atoms with Gasteiger partial charge in [0.05, 0.1) is 0 Å². The van der Waals surface area contributed by atoms with Gasteiger partial charge in [0.25, 0.3) is 0 Å². The number of ether oxygens (including phenoxy) is 2. The fourth-order valence-electron chi connectivity index (χ4n) is 1.08. The Bertz CT molecular complexity index is 412. The van der Waals surface area contributed by atoms with Crippen LogP contribution in [0.2, 0.25) is 0 Å². The van der Waals surface area contributed by atoms with Gasteiger partial charge in [0.15, 0.2) is 0 Å². The van der Waals surface area contributed by atoms with Crippen LogP contribution in [0, 0.1) is 23.7 Å². The third-order valence-electron chi connectivity index (χ3n) is 1.85. The number of hydrogen-bond acceptors (Lipinski definition) is 4. The Morgan fingerprint density at radius 3 is 1.44 bits per heavy atom. The highest BCUT2D eigenvalue weighted by Crippen LogP contribution is 2.17. The second kappa shape index (κ2) is 8.95. The van der Waals surface area contributed by atoms with E-state index < -0.39 is 0 Å². The zero-order chi connectivity index (χ0) is 13.1. The molecule has 1 aromatic carbocycles. The zero-order valence-corrected chi connectivity index (χ0v) is 9.85. The van der Waals surface area contributed by atoms with Crippen LogP contribution < -0.4 is 9.47 Å². The first kappa shape index (κ1) is 13.9. The van der Waals surface area contributed by atoms with Gasteiger partial charge in [0.2, 0.25) is 0 Å². The molecular weight excluding hydrogens is 232 g/mol. The van der Waals surface area contributed by atoms with Crippen LogP contribution in [-0.4, -0.2) is 36.6 Å². The van der Waals surface area contributed by atoms with Crippen LogP contribution in [0.15, 0.2) is 24.3 Å². The number of aliphatic hydroxyl groups excluding tert-OH is 2. The van der Waals surface area contributed by atoms with E-state index in [0.717, 1.165) is 0 Å². The van der Waals surface area contributed by atoms with Gasteiger partial charge in [-0.2, -0.15) is 0 Å². The van der Waals surface area contributed by atoms with E-state index in [1.165, 1.54) is 0 Å². The van der Waals surface area contributed by atoms with E-state index >= 15 is 0 Å². The van der Waals surface area contributed by atoms with E-state index in [1.807, 2.05) is 0 Å². The lowest BCUT2D eigenvalue weighted by Gasteiger charge is -2.04. The first-order valence-corrected chi connectivity index (χ1v) is 5.35. The third kappa shape index (κ3) is 5.81. The molecular formula is C14H14O4. The van der Waals surface area contributed by atoms with Gasteiger partial charge < -0.3 is 19.7 Å². The predicted molar refractivity (Wildman–Crippen MR) is 67.2 cm³/mol. The summed E-state index contributed by atoms with van der Waals surface area (Å²) in [5.41, 5.74) is 0. The van der Waals surface area contributed by atoms with Gasteiger partial charge in [-0.25, -0.2) is 0 Å². The standard InChI is InChI=1S/C14H14O4/c15-9-1-3-11-17-13-5-7-14(8-6-13)18-12-4-2-10-16/h5-8,15-16H,9-12H2. The maximum atomic E-state index is 8.45. The fourth-order valence-corrected chi connectivity index (χ4v) is 1.08. The molecule has 0 bridgehead atoms. The summed E-state index contributed by atoms with van der Waals surface area (Å²) in [6.45, 7) is 0.154. The average molecular weight is 246 g/mol. The van der Waals surface area contributed by atoms with Crippen molar-refractivity contribution in [3.05, 3.63) is 24.3 Å². The molecule has 2 N–H and O–H groups in total. The Balaban J connectivity index is 2.37. The largest absolute Gasteiger partial charge is 0.481 e. The minimum absolute atomic E-state index is 0.162. The van der Waals surface area contributed by atoms with Crippen molar-refractivity contribution in [3.63, 3.8) is 0 Å². The van der Waals surface area contributed by atoms with Crippen molar-refractivity contribution in [1.29, 1.82) is 0 Å². The predicted octanol–water partition coefficient (Wildman–Crippen LogP) is 0.436. The van der Waals surface area contributed by atoms with Crippen molar-refractivity contribution in [1.82, 2.24) is 0 Å². The lowest BCUT2D eigenvalue weighted by Crippen LogP contribution is -1.96. The molecule has 0 aromatic heterocycles. The Hall–Kier alpha value is -2.14. The van der Waals surface area contributed by atoms with Crippen LogP contribution in [0.1, 0.15) is 0 Å². The summed E-state index contributed by atoms with van der Waals surface area (Å²) >= 11 is 0. The van der Waals surface area contributed by atoms with Gasteiger partial charge in [-0.3, -0.25) is 0 Å². The highest BCUT2D eigenvalue weighted by Gasteiger charge is 1.94. The van der Waals surface area contributed by atoms with Crippen LogP contribution in [0.4, 0.5) is 0 Å². The summed E-state index contributed by atoms with van der Waals surface area (Å²) in [7, 11) is 0. The Morgan fingerprint density at radius 1 is 0.722 bits per heavy atom. The molecule has 0 fully saturated rings. The molecule has 1 rings (SSSR count). The number of aliphatic hydroxyl groups is 2. The topological polar surface area (TPSA) is 58.9 Å². The molecule has 1 aromatic rings. The van der Waals surface area contributed by atoms with Gasteiger partial charge in [-0.1, -0.05) is 23.7 Å². The Labute approximate surface area is 106 Å². The maximum absolute atomic E-state index is 8.45. The van der Waals surface area contributed by atoms with Gasteiger partial charge in [0, 0.05) is 0 Å². The molecule has 0 atom stereocenters. The van der Waals surface area contributed by atoms with E-state index in [0.29, 0.717) is 11.5 Å². The highest BCUT2D eigenvalue weighted by molar-refractivity contribution is 5.31. The van der Waals surface area contributed by atoms with Gasteiger partial charge in [0.1, 0.15) is 37.9 Å². The molecule has 18 heavy (non-hydrogen) atoms. The van der Waals surface area contributed by atoms with E-state index in [2.05, 4.69) is 23.7 Å². The highest BCUT2D eigenvalue weighted by atomic mass is 16.5.